The predicted octanol–water partition coefficient (Wildman–Crippen LogP) is 5.57. The number of hydrogen-bond acceptors (Lipinski definition) is 5. The molecule has 1 aliphatic carbocycles. The van der Waals surface area contributed by atoms with Crippen LogP contribution in [0.25, 0.3) is 11.3 Å². The lowest BCUT2D eigenvalue weighted by molar-refractivity contribution is -0.138. The normalized spacial score (nSPS) is 20.9. The number of nitrogens with one attached hydrogen (secondary N) is 1. The van der Waals surface area contributed by atoms with E-state index >= 15 is 0 Å². The van der Waals surface area contributed by atoms with Gasteiger partial charge in [0, 0.05) is 34.9 Å². The third-order valence-corrected chi connectivity index (χ3v) is 8.51. The molecule has 0 unspecified atom stereocenters. The third-order valence-electron chi connectivity index (χ3n) is 7.57. The molecule has 3 N–H and O–H groups in total. The number of anilines is 1. The van der Waals surface area contributed by atoms with Gasteiger partial charge in [-0.25, -0.2) is 9.48 Å². The highest BCUT2D eigenvalue weighted by Gasteiger charge is 2.51. The second-order valence-corrected chi connectivity index (χ2v) is 12.6. The first-order chi connectivity index (χ1) is 18.7. The minimum atomic E-state index is -4.48. The summed E-state index contributed by atoms with van der Waals surface area (Å²) in [5.41, 5.74) is 6.89. The van der Waals surface area contributed by atoms with Gasteiger partial charge in [-0.2, -0.15) is 28.6 Å². The molecule has 1 spiro atoms. The van der Waals surface area contributed by atoms with Crippen molar-refractivity contribution < 1.29 is 18.0 Å². The number of hydrogen-bond donors (Lipinski definition) is 2. The van der Waals surface area contributed by atoms with Crippen molar-refractivity contribution in [1.29, 1.82) is 5.26 Å². The number of nitrogen functional groups attached to an aromatic ring is 1. The average molecular weight is 619 g/mol. The number of urea groups is 1. The first kappa shape index (κ1) is 28.0. The average Bonchev–Trinajstić information content (AvgIpc) is 3.55. The van der Waals surface area contributed by atoms with Gasteiger partial charge in [0.05, 0.1) is 24.3 Å². The fraction of sp³-hybridized carbons (Fsp3) is 0.481. The summed E-state index contributed by atoms with van der Waals surface area (Å²) in [5, 5.41) is 21.8. The molecule has 1 saturated carbocycles. The van der Waals surface area contributed by atoms with Crippen molar-refractivity contribution in [3.63, 3.8) is 0 Å². The number of halogens is 4. The van der Waals surface area contributed by atoms with Gasteiger partial charge in [0.1, 0.15) is 23.1 Å². The molecule has 1 aliphatic heterocycles. The second kappa shape index (κ2) is 9.83. The number of benzene rings is 1. The number of nitriles is 1. The van der Waals surface area contributed by atoms with Crippen molar-refractivity contribution in [1.82, 2.24) is 29.8 Å². The molecule has 40 heavy (non-hydrogen) atoms. The summed E-state index contributed by atoms with van der Waals surface area (Å²) in [4.78, 5) is 14.5. The highest BCUT2D eigenvalue weighted by molar-refractivity contribution is 9.10. The molecule has 0 atom stereocenters. The number of carbonyl (C=O) groups is 1. The fourth-order valence-corrected chi connectivity index (χ4v) is 6.27. The van der Waals surface area contributed by atoms with Crippen molar-refractivity contribution in [2.75, 3.05) is 18.8 Å². The lowest BCUT2D eigenvalue weighted by atomic mass is 9.65. The quantitative estimate of drug-likeness (QED) is 0.397. The molecule has 9 nitrogen and oxygen atoms in total. The predicted molar refractivity (Wildman–Crippen MR) is 146 cm³/mol. The molecule has 1 aromatic carbocycles. The van der Waals surface area contributed by atoms with Crippen LogP contribution in [-0.2, 0) is 12.7 Å². The summed E-state index contributed by atoms with van der Waals surface area (Å²) < 4.78 is 43.1. The number of likely N-dealkylation sites (tertiary alicyclic amines) is 1. The van der Waals surface area contributed by atoms with E-state index in [9.17, 15) is 23.2 Å². The van der Waals surface area contributed by atoms with Crippen LogP contribution >= 0.6 is 15.9 Å². The first-order valence-electron chi connectivity index (χ1n) is 12.9. The zero-order valence-electron chi connectivity index (χ0n) is 22.4. The number of amides is 2. The molecule has 2 aromatic heterocycles. The van der Waals surface area contributed by atoms with Gasteiger partial charge >= 0.3 is 12.2 Å². The molecular weight excluding hydrogens is 589 g/mol. The first-order valence-corrected chi connectivity index (χ1v) is 13.7. The Balaban J connectivity index is 1.31. The van der Waals surface area contributed by atoms with Gasteiger partial charge in [-0.1, -0.05) is 12.1 Å². The lowest BCUT2D eigenvalue weighted by Gasteiger charge is -2.45. The Labute approximate surface area is 238 Å². The van der Waals surface area contributed by atoms with Gasteiger partial charge in [0.2, 0.25) is 0 Å². The molecule has 2 amide bonds. The number of aromatic nitrogens is 4. The van der Waals surface area contributed by atoms with Crippen LogP contribution in [0.15, 0.2) is 35.1 Å². The topological polar surface area (TPSA) is 118 Å². The van der Waals surface area contributed by atoms with E-state index in [0.29, 0.717) is 29.9 Å². The van der Waals surface area contributed by atoms with Crippen LogP contribution in [0.4, 0.5) is 23.8 Å². The van der Waals surface area contributed by atoms with E-state index in [2.05, 4.69) is 37.5 Å². The Morgan fingerprint density at radius 3 is 2.67 bits per heavy atom. The maximum absolute atomic E-state index is 13.3. The summed E-state index contributed by atoms with van der Waals surface area (Å²) in [6, 6.07) is 6.06. The molecule has 0 radical (unpaired) electrons. The van der Waals surface area contributed by atoms with Gasteiger partial charge in [0.15, 0.2) is 0 Å². The van der Waals surface area contributed by atoms with Crippen molar-refractivity contribution in [2.24, 2.45) is 5.41 Å². The van der Waals surface area contributed by atoms with E-state index in [0.717, 1.165) is 25.3 Å². The summed E-state index contributed by atoms with van der Waals surface area (Å²) in [6.45, 7) is 7.31. The molecule has 13 heteroatoms. The zero-order valence-corrected chi connectivity index (χ0v) is 24.0. The van der Waals surface area contributed by atoms with Crippen LogP contribution in [0, 0.1) is 16.7 Å². The zero-order chi connectivity index (χ0) is 29.0. The van der Waals surface area contributed by atoms with Crippen LogP contribution in [0.1, 0.15) is 62.8 Å². The fourth-order valence-electron chi connectivity index (χ4n) is 5.66. The molecule has 1 saturated heterocycles. The molecule has 0 bridgehead atoms. The summed E-state index contributed by atoms with van der Waals surface area (Å²) in [5.74, 6) is 0.269. The Bertz CT molecular complexity index is 1490. The van der Waals surface area contributed by atoms with Crippen LogP contribution < -0.4 is 11.1 Å². The molecule has 3 heterocycles. The SMILES string of the molecule is CC(C)(C)NC(=O)N1CC[C@]2(C1)C[C@H](n1nc(-c3cnn(Cc4cccc(C(F)(F)F)c4Br)c3)c(C#N)c1N)C2. The summed E-state index contributed by atoms with van der Waals surface area (Å²) >= 11 is 3.08. The molecule has 3 aromatic rings. The number of carbonyl (C=O) groups excluding carboxylic acids is 1. The molecule has 5 rings (SSSR count). The van der Waals surface area contributed by atoms with E-state index in [4.69, 9.17) is 5.73 Å². The van der Waals surface area contributed by atoms with Gasteiger partial charge in [0.25, 0.3) is 0 Å². The van der Waals surface area contributed by atoms with Crippen LogP contribution in [0.5, 0.6) is 0 Å². The number of alkyl halides is 3. The maximum atomic E-state index is 13.3. The van der Waals surface area contributed by atoms with Gasteiger partial charge in [-0.3, -0.25) is 4.68 Å². The minimum absolute atomic E-state index is 0.00239. The molecule has 212 valence electrons. The maximum Gasteiger partial charge on any atom is 0.417 e. The number of nitrogens with two attached hydrogens (primary N) is 1. The Morgan fingerprint density at radius 1 is 1.30 bits per heavy atom. The van der Waals surface area contributed by atoms with Gasteiger partial charge in [-0.05, 0) is 73.0 Å². The number of rotatable bonds is 4. The Hall–Kier alpha value is -3.53. The molecular formula is C27H30BrF3N8O. The van der Waals surface area contributed by atoms with Crippen LogP contribution in [0.3, 0.4) is 0 Å². The smallest absolute Gasteiger partial charge is 0.383 e. The lowest BCUT2D eigenvalue weighted by Crippen LogP contribution is -2.49. The number of nitrogens with zero attached hydrogens (tertiary/aromatic N) is 6. The molecule has 2 aliphatic rings. The highest BCUT2D eigenvalue weighted by atomic mass is 79.9. The Kier molecular flexibility index (Phi) is 6.89. The van der Waals surface area contributed by atoms with Gasteiger partial charge in [-0.15, -0.1) is 0 Å². The van der Waals surface area contributed by atoms with E-state index in [1.165, 1.54) is 16.9 Å². The Morgan fingerprint density at radius 2 is 2.02 bits per heavy atom. The summed E-state index contributed by atoms with van der Waals surface area (Å²) in [6.07, 6.45) is 1.19. The minimum Gasteiger partial charge on any atom is -0.383 e. The monoisotopic (exact) mass is 618 g/mol. The third kappa shape index (κ3) is 5.29. The van der Waals surface area contributed by atoms with Crippen LogP contribution in [0.2, 0.25) is 0 Å². The highest BCUT2D eigenvalue weighted by Crippen LogP contribution is 2.54. The van der Waals surface area contributed by atoms with Crippen molar-refractivity contribution in [3.05, 3.63) is 51.8 Å². The van der Waals surface area contributed by atoms with Gasteiger partial charge < -0.3 is 16.0 Å². The van der Waals surface area contributed by atoms with Crippen molar-refractivity contribution >= 4 is 27.8 Å². The van der Waals surface area contributed by atoms with Crippen molar-refractivity contribution in [3.8, 4) is 17.3 Å². The molecule has 2 fully saturated rings. The van der Waals surface area contributed by atoms with Crippen LogP contribution in [-0.4, -0.2) is 49.1 Å². The van der Waals surface area contributed by atoms with E-state index in [1.807, 2.05) is 25.7 Å². The largest absolute Gasteiger partial charge is 0.417 e. The van der Waals surface area contributed by atoms with E-state index in [1.54, 1.807) is 16.9 Å². The van der Waals surface area contributed by atoms with Crippen molar-refractivity contribution in [2.45, 2.75) is 64.3 Å². The summed E-state index contributed by atoms with van der Waals surface area (Å²) in [7, 11) is 0. The second-order valence-electron chi connectivity index (χ2n) is 11.8. The standard InChI is InChI=1S/C27H30BrF3N8O/c1-25(2,3)35-24(40)37-8-7-26(15-37)9-18(10-26)39-23(33)19(11-32)22(36-39)17-12-34-38(14-17)13-16-5-4-6-20(21(16)28)27(29,30)31/h4-6,12,14,18H,7-10,13,15,33H2,1-3H3,(H,35,40)/t18-,26-. The van der Waals surface area contributed by atoms with E-state index < -0.39 is 11.7 Å². The van der Waals surface area contributed by atoms with E-state index in [-0.39, 0.29) is 45.4 Å².